The largest absolute Gasteiger partial charge is 0.427 e. The summed E-state index contributed by atoms with van der Waals surface area (Å²) in [5, 5.41) is 2.93. The van der Waals surface area contributed by atoms with Gasteiger partial charge in [0, 0.05) is 19.4 Å². The van der Waals surface area contributed by atoms with Gasteiger partial charge in [0.1, 0.15) is 0 Å². The van der Waals surface area contributed by atoms with Crippen LogP contribution in [0.5, 0.6) is 0 Å². The number of epoxide rings is 1. The molecule has 0 aromatic heterocycles. The molecule has 0 aromatic rings. The first-order valence-electron chi connectivity index (χ1n) is 4.84. The van der Waals surface area contributed by atoms with Gasteiger partial charge in [0.25, 0.3) is 5.24 Å². The topological polar surface area (TPSA) is 50.9 Å². The summed E-state index contributed by atoms with van der Waals surface area (Å²) in [4.78, 5) is 11.2. The minimum Gasteiger partial charge on any atom is -0.427 e. The lowest BCUT2D eigenvalue weighted by Gasteiger charge is -2.02. The van der Waals surface area contributed by atoms with Crippen molar-refractivity contribution in [2.75, 3.05) is 26.0 Å². The second kappa shape index (κ2) is 7.28. The van der Waals surface area contributed by atoms with Crippen molar-refractivity contribution in [2.45, 2.75) is 18.6 Å². The average Bonchev–Trinajstić information content (AvgIpc) is 2.98. The van der Waals surface area contributed by atoms with Crippen LogP contribution >= 0.6 is 11.8 Å². The minimum absolute atomic E-state index is 0.0691. The van der Waals surface area contributed by atoms with Crippen molar-refractivity contribution in [3.8, 4) is 0 Å². The van der Waals surface area contributed by atoms with Gasteiger partial charge in [-0.2, -0.15) is 0 Å². The quantitative estimate of drug-likeness (QED) is 0.393. The molecular weight excluding hydrogens is 218 g/mol. The Labute approximate surface area is 91.0 Å². The Bertz CT molecular complexity index is 178. The molecule has 1 N–H and O–H groups in total. The van der Waals surface area contributed by atoms with Gasteiger partial charge >= 0.3 is 0 Å². The van der Waals surface area contributed by atoms with Gasteiger partial charge in [-0.15, -0.1) is 0 Å². The van der Waals surface area contributed by atoms with Gasteiger partial charge in [-0.1, -0.05) is 11.8 Å². The smallest absolute Gasteiger partial charge is 0.279 e. The van der Waals surface area contributed by atoms with E-state index >= 15 is 0 Å². The van der Waals surface area contributed by atoms with Crippen molar-refractivity contribution in [1.29, 1.82) is 0 Å². The number of thioether (sulfide) groups is 1. The van der Waals surface area contributed by atoms with Crippen molar-refractivity contribution in [1.82, 2.24) is 5.32 Å². The summed E-state index contributed by atoms with van der Waals surface area (Å²) < 4.78 is 10.0. The first-order valence-corrected chi connectivity index (χ1v) is 7.40. The van der Waals surface area contributed by atoms with Gasteiger partial charge in [-0.3, -0.25) is 4.79 Å². The standard InChI is InChI=1S/C8H17NO3SSi/c1-11-14-4-2-3-9-8(10)13-6-7-5-12-7/h7H,2-6,14H2,1H3,(H,9,10). The lowest BCUT2D eigenvalue weighted by atomic mass is 10.5. The molecule has 0 aromatic carbocycles. The zero-order valence-electron chi connectivity index (χ0n) is 8.45. The Morgan fingerprint density at radius 1 is 1.79 bits per heavy atom. The predicted octanol–water partition coefficient (Wildman–Crippen LogP) is 0.367. The molecule has 1 saturated heterocycles. The highest BCUT2D eigenvalue weighted by molar-refractivity contribution is 8.13. The van der Waals surface area contributed by atoms with Crippen LogP contribution in [0.15, 0.2) is 0 Å². The van der Waals surface area contributed by atoms with E-state index in [0.29, 0.717) is 6.10 Å². The molecule has 1 aliphatic rings. The van der Waals surface area contributed by atoms with Gasteiger partial charge in [-0.25, -0.2) is 0 Å². The zero-order valence-corrected chi connectivity index (χ0v) is 10.7. The minimum atomic E-state index is -0.316. The third-order valence-corrected chi connectivity index (χ3v) is 3.99. The molecule has 1 aliphatic heterocycles. The number of rotatable bonds is 7. The van der Waals surface area contributed by atoms with Crippen LogP contribution in [-0.4, -0.2) is 47.1 Å². The molecule has 0 aliphatic carbocycles. The molecule has 1 unspecified atom stereocenters. The molecule has 14 heavy (non-hydrogen) atoms. The highest BCUT2D eigenvalue weighted by atomic mass is 32.2. The van der Waals surface area contributed by atoms with Crippen LogP contribution in [0.1, 0.15) is 6.42 Å². The van der Waals surface area contributed by atoms with E-state index in [1.165, 1.54) is 11.8 Å². The second-order valence-corrected chi connectivity index (χ2v) is 5.87. The van der Waals surface area contributed by atoms with Crippen LogP contribution in [0.4, 0.5) is 4.79 Å². The molecule has 1 atom stereocenters. The molecule has 82 valence electrons. The fourth-order valence-electron chi connectivity index (χ4n) is 0.946. The fraction of sp³-hybridized carbons (Fsp3) is 0.875. The number of hydrogen-bond donors (Lipinski definition) is 1. The SMILES string of the molecule is CO[SiH2]CCCNC(=O)SCC1CO1. The summed E-state index contributed by atoms with van der Waals surface area (Å²) in [5.74, 6) is 0.790. The van der Waals surface area contributed by atoms with Crippen molar-refractivity contribution in [3.05, 3.63) is 0 Å². The molecule has 1 fully saturated rings. The zero-order chi connectivity index (χ0) is 10.2. The molecular formula is C8H17NO3SSi. The summed E-state index contributed by atoms with van der Waals surface area (Å²) in [7, 11) is 1.43. The first kappa shape index (κ1) is 12.0. The maximum Gasteiger partial charge on any atom is 0.279 e. The summed E-state index contributed by atoms with van der Waals surface area (Å²) in [5.41, 5.74) is 0. The van der Waals surface area contributed by atoms with E-state index in [2.05, 4.69) is 5.32 Å². The summed E-state index contributed by atoms with van der Waals surface area (Å²) in [6.07, 6.45) is 1.36. The maximum atomic E-state index is 11.2. The van der Waals surface area contributed by atoms with Gasteiger partial charge in [0.15, 0.2) is 9.76 Å². The predicted molar refractivity (Wildman–Crippen MR) is 60.6 cm³/mol. The van der Waals surface area contributed by atoms with E-state index in [1.807, 2.05) is 0 Å². The molecule has 1 rings (SSSR count). The van der Waals surface area contributed by atoms with Crippen molar-refractivity contribution >= 4 is 26.8 Å². The molecule has 0 bridgehead atoms. The van der Waals surface area contributed by atoms with Crippen LogP contribution in [0.3, 0.4) is 0 Å². The van der Waals surface area contributed by atoms with E-state index in [1.54, 1.807) is 7.11 Å². The third-order valence-electron chi connectivity index (χ3n) is 1.85. The van der Waals surface area contributed by atoms with Gasteiger partial charge in [0.05, 0.1) is 12.7 Å². The lowest BCUT2D eigenvalue weighted by Crippen LogP contribution is -2.21. The summed E-state index contributed by atoms with van der Waals surface area (Å²) >= 11 is 1.32. The fourth-order valence-corrected chi connectivity index (χ4v) is 2.42. The normalized spacial score (nSPS) is 20.2. The monoisotopic (exact) mass is 235 g/mol. The molecule has 0 saturated carbocycles. The Morgan fingerprint density at radius 3 is 3.21 bits per heavy atom. The van der Waals surface area contributed by atoms with Crippen LogP contribution < -0.4 is 5.32 Å². The molecule has 4 nitrogen and oxygen atoms in total. The lowest BCUT2D eigenvalue weighted by molar-refractivity contribution is 0.260. The maximum absolute atomic E-state index is 11.2. The third kappa shape index (κ3) is 6.42. The molecule has 0 spiro atoms. The van der Waals surface area contributed by atoms with Crippen molar-refractivity contribution in [3.63, 3.8) is 0 Å². The highest BCUT2D eigenvalue weighted by Crippen LogP contribution is 2.16. The summed E-state index contributed by atoms with van der Waals surface area (Å²) in [6, 6.07) is 1.13. The number of amides is 1. The number of hydrogen-bond acceptors (Lipinski definition) is 4. The Morgan fingerprint density at radius 2 is 2.57 bits per heavy atom. The van der Waals surface area contributed by atoms with Crippen LogP contribution in [0.2, 0.25) is 6.04 Å². The van der Waals surface area contributed by atoms with E-state index in [0.717, 1.165) is 31.4 Å². The van der Waals surface area contributed by atoms with Gasteiger partial charge in [0.2, 0.25) is 0 Å². The number of carbonyl (C=O) groups is 1. The Balaban J connectivity index is 1.81. The summed E-state index contributed by atoms with van der Waals surface area (Å²) in [6.45, 7) is 1.59. The number of nitrogens with one attached hydrogen (secondary N) is 1. The molecule has 0 radical (unpaired) electrons. The van der Waals surface area contributed by atoms with E-state index in [4.69, 9.17) is 9.16 Å². The van der Waals surface area contributed by atoms with E-state index in [-0.39, 0.29) is 15.0 Å². The van der Waals surface area contributed by atoms with Crippen LogP contribution in [0, 0.1) is 0 Å². The molecule has 6 heteroatoms. The molecule has 1 heterocycles. The number of ether oxygens (including phenoxy) is 1. The highest BCUT2D eigenvalue weighted by Gasteiger charge is 2.23. The second-order valence-electron chi connectivity index (χ2n) is 3.18. The van der Waals surface area contributed by atoms with Gasteiger partial charge < -0.3 is 14.5 Å². The first-order chi connectivity index (χ1) is 6.83. The average molecular weight is 235 g/mol. The van der Waals surface area contributed by atoms with Gasteiger partial charge in [-0.05, 0) is 12.5 Å². The van der Waals surface area contributed by atoms with Crippen LogP contribution in [0.25, 0.3) is 0 Å². The van der Waals surface area contributed by atoms with E-state index in [9.17, 15) is 4.79 Å². The molecule has 1 amide bonds. The Kier molecular flexibility index (Phi) is 6.25. The van der Waals surface area contributed by atoms with Crippen molar-refractivity contribution in [2.24, 2.45) is 0 Å². The van der Waals surface area contributed by atoms with E-state index < -0.39 is 0 Å². The van der Waals surface area contributed by atoms with Crippen molar-refractivity contribution < 1.29 is 14.0 Å². The Hall–Kier alpha value is -0.0431. The van der Waals surface area contributed by atoms with Crippen LogP contribution in [-0.2, 0) is 9.16 Å². The number of carbonyl (C=O) groups excluding carboxylic acids is 1.